The number of Topliss-reactive ketones (excluding diaryl/α,β-unsaturated/α-hetero) is 2. The Morgan fingerprint density at radius 2 is 1.79 bits per heavy atom. The van der Waals surface area contributed by atoms with Crippen LogP contribution in [0.4, 0.5) is 5.82 Å². The summed E-state index contributed by atoms with van der Waals surface area (Å²) in [5.41, 5.74) is 2.31. The van der Waals surface area contributed by atoms with Crippen molar-refractivity contribution >= 4 is 17.4 Å². The van der Waals surface area contributed by atoms with Crippen molar-refractivity contribution in [3.8, 4) is 0 Å². The van der Waals surface area contributed by atoms with Crippen molar-refractivity contribution in [2.45, 2.75) is 27.2 Å². The summed E-state index contributed by atoms with van der Waals surface area (Å²) in [6.45, 7) is 5.73. The number of aromatic nitrogens is 2. The summed E-state index contributed by atoms with van der Waals surface area (Å²) >= 11 is 0. The van der Waals surface area contributed by atoms with Crippen molar-refractivity contribution < 1.29 is 9.59 Å². The minimum Gasteiger partial charge on any atom is -0.370 e. The molecule has 0 aromatic carbocycles. The molecule has 100 valence electrons. The molecule has 5 nitrogen and oxygen atoms in total. The molecule has 19 heavy (non-hydrogen) atoms. The summed E-state index contributed by atoms with van der Waals surface area (Å²) in [4.78, 5) is 24.1. The number of allylic oxidation sites excluding steroid dienone is 3. The molecule has 1 aromatic heterocycles. The fourth-order valence-corrected chi connectivity index (χ4v) is 2.13. The van der Waals surface area contributed by atoms with Crippen LogP contribution in [0.25, 0.3) is 0 Å². The Bertz CT molecular complexity index is 580. The van der Waals surface area contributed by atoms with Crippen LogP contribution in [0.15, 0.2) is 34.6 Å². The number of anilines is 1. The Kier molecular flexibility index (Phi) is 3.64. The van der Waals surface area contributed by atoms with Gasteiger partial charge in [-0.05, 0) is 33.3 Å². The summed E-state index contributed by atoms with van der Waals surface area (Å²) in [5.74, 6) is 0.769. The van der Waals surface area contributed by atoms with Gasteiger partial charge in [-0.1, -0.05) is 0 Å². The lowest BCUT2D eigenvalue weighted by Gasteiger charge is -2.18. The van der Waals surface area contributed by atoms with Crippen molar-refractivity contribution in [1.82, 2.24) is 10.2 Å². The minimum absolute atomic E-state index is 0.0130. The van der Waals surface area contributed by atoms with Crippen molar-refractivity contribution in [3.63, 3.8) is 0 Å². The number of aromatic amines is 1. The third-order valence-electron chi connectivity index (χ3n) is 3.50. The highest BCUT2D eigenvalue weighted by Crippen LogP contribution is 2.25. The van der Waals surface area contributed by atoms with E-state index in [1.807, 2.05) is 6.07 Å². The van der Waals surface area contributed by atoms with Crippen LogP contribution in [0.3, 0.4) is 0 Å². The smallest absolute Gasteiger partial charge is 0.185 e. The van der Waals surface area contributed by atoms with E-state index in [4.69, 9.17) is 0 Å². The van der Waals surface area contributed by atoms with Gasteiger partial charge in [0.05, 0.1) is 6.20 Å². The SMILES string of the molecule is CC1=C(C)C(=O)C(CCNc2ccn[nH]2)=C(C)C1=O. The first-order valence-electron chi connectivity index (χ1n) is 6.22. The van der Waals surface area contributed by atoms with E-state index in [9.17, 15) is 9.59 Å². The zero-order chi connectivity index (χ0) is 14.0. The van der Waals surface area contributed by atoms with Crippen molar-refractivity contribution in [2.24, 2.45) is 0 Å². The number of carbonyl (C=O) groups is 2. The number of ketones is 2. The average molecular weight is 259 g/mol. The molecule has 0 bridgehead atoms. The van der Waals surface area contributed by atoms with E-state index in [0.29, 0.717) is 35.3 Å². The van der Waals surface area contributed by atoms with Gasteiger partial charge in [-0.2, -0.15) is 5.10 Å². The Hall–Kier alpha value is -2.17. The first-order chi connectivity index (χ1) is 9.02. The molecular formula is C14H17N3O2. The first-order valence-corrected chi connectivity index (χ1v) is 6.22. The Morgan fingerprint density at radius 3 is 2.42 bits per heavy atom. The Labute approximate surface area is 111 Å². The molecule has 1 aliphatic rings. The topological polar surface area (TPSA) is 74.8 Å². The number of carbonyl (C=O) groups excluding carboxylic acids is 2. The van der Waals surface area contributed by atoms with Crippen LogP contribution in [-0.4, -0.2) is 28.3 Å². The van der Waals surface area contributed by atoms with E-state index < -0.39 is 0 Å². The van der Waals surface area contributed by atoms with Gasteiger partial charge in [0.2, 0.25) is 0 Å². The van der Waals surface area contributed by atoms with Crippen LogP contribution in [0.2, 0.25) is 0 Å². The fourth-order valence-electron chi connectivity index (χ4n) is 2.13. The van der Waals surface area contributed by atoms with Gasteiger partial charge in [0.1, 0.15) is 5.82 Å². The number of hydrogen-bond donors (Lipinski definition) is 2. The van der Waals surface area contributed by atoms with E-state index in [-0.39, 0.29) is 11.6 Å². The molecule has 1 heterocycles. The molecule has 0 unspecified atom stereocenters. The maximum Gasteiger partial charge on any atom is 0.185 e. The minimum atomic E-state index is -0.0198. The third-order valence-corrected chi connectivity index (χ3v) is 3.50. The zero-order valence-corrected chi connectivity index (χ0v) is 11.3. The van der Waals surface area contributed by atoms with E-state index in [1.165, 1.54) is 0 Å². The molecule has 5 heteroatoms. The van der Waals surface area contributed by atoms with Gasteiger partial charge < -0.3 is 5.32 Å². The second-order valence-corrected chi connectivity index (χ2v) is 4.66. The van der Waals surface area contributed by atoms with E-state index in [0.717, 1.165) is 5.82 Å². The number of nitrogens with zero attached hydrogens (tertiary/aromatic N) is 1. The lowest BCUT2D eigenvalue weighted by molar-refractivity contribution is -0.116. The Morgan fingerprint density at radius 1 is 1.11 bits per heavy atom. The standard InChI is InChI=1S/C14H17N3O2/c1-8-9(2)14(19)11(10(3)13(8)18)4-6-15-12-5-7-16-17-12/h5,7H,4,6H2,1-3H3,(H2,15,16,17). The second kappa shape index (κ2) is 5.22. The molecule has 0 saturated heterocycles. The zero-order valence-electron chi connectivity index (χ0n) is 11.3. The summed E-state index contributed by atoms with van der Waals surface area (Å²) < 4.78 is 0. The molecule has 0 saturated carbocycles. The van der Waals surface area contributed by atoms with Crippen LogP contribution in [-0.2, 0) is 9.59 Å². The maximum atomic E-state index is 12.2. The van der Waals surface area contributed by atoms with Gasteiger partial charge in [-0.25, -0.2) is 0 Å². The molecule has 2 rings (SSSR count). The lowest BCUT2D eigenvalue weighted by Crippen LogP contribution is -2.22. The molecule has 0 spiro atoms. The highest BCUT2D eigenvalue weighted by atomic mass is 16.1. The molecule has 0 radical (unpaired) electrons. The van der Waals surface area contributed by atoms with Gasteiger partial charge in [0.15, 0.2) is 11.6 Å². The highest BCUT2D eigenvalue weighted by molar-refractivity contribution is 6.24. The summed E-state index contributed by atoms with van der Waals surface area (Å²) in [7, 11) is 0. The highest BCUT2D eigenvalue weighted by Gasteiger charge is 2.27. The third kappa shape index (κ3) is 2.50. The maximum absolute atomic E-state index is 12.2. The van der Waals surface area contributed by atoms with Crippen LogP contribution in [0.1, 0.15) is 27.2 Å². The van der Waals surface area contributed by atoms with E-state index in [1.54, 1.807) is 27.0 Å². The number of hydrogen-bond acceptors (Lipinski definition) is 4. The number of H-pyrrole nitrogens is 1. The number of rotatable bonds is 4. The molecule has 0 aliphatic heterocycles. The predicted molar refractivity (Wildman–Crippen MR) is 72.8 cm³/mol. The summed E-state index contributed by atoms with van der Waals surface area (Å²) in [5, 5.41) is 9.73. The van der Waals surface area contributed by atoms with Crippen molar-refractivity contribution in [2.75, 3.05) is 11.9 Å². The summed E-state index contributed by atoms with van der Waals surface area (Å²) in [6.07, 6.45) is 2.18. The molecular weight excluding hydrogens is 242 g/mol. The quantitative estimate of drug-likeness (QED) is 0.811. The molecule has 0 atom stereocenters. The van der Waals surface area contributed by atoms with Gasteiger partial charge >= 0.3 is 0 Å². The van der Waals surface area contributed by atoms with E-state index >= 15 is 0 Å². The van der Waals surface area contributed by atoms with Crippen molar-refractivity contribution in [3.05, 3.63) is 34.6 Å². The first kappa shape index (κ1) is 13.3. The monoisotopic (exact) mass is 259 g/mol. The predicted octanol–water partition coefficient (Wildman–Crippen LogP) is 2.02. The van der Waals surface area contributed by atoms with Gasteiger partial charge in [0.25, 0.3) is 0 Å². The fraction of sp³-hybridized carbons (Fsp3) is 0.357. The second-order valence-electron chi connectivity index (χ2n) is 4.66. The van der Waals surface area contributed by atoms with Crippen LogP contribution in [0.5, 0.6) is 0 Å². The van der Waals surface area contributed by atoms with Crippen LogP contribution in [0, 0.1) is 0 Å². The molecule has 2 N–H and O–H groups in total. The van der Waals surface area contributed by atoms with Crippen molar-refractivity contribution in [1.29, 1.82) is 0 Å². The normalized spacial score (nSPS) is 16.4. The van der Waals surface area contributed by atoms with Gasteiger partial charge in [-0.15, -0.1) is 0 Å². The molecule has 0 amide bonds. The van der Waals surface area contributed by atoms with Crippen LogP contribution >= 0.6 is 0 Å². The molecule has 0 fully saturated rings. The van der Waals surface area contributed by atoms with E-state index in [2.05, 4.69) is 15.5 Å². The Balaban J connectivity index is 2.07. The average Bonchev–Trinajstić information content (AvgIpc) is 2.91. The summed E-state index contributed by atoms with van der Waals surface area (Å²) in [6, 6.07) is 1.81. The molecule has 1 aromatic rings. The van der Waals surface area contributed by atoms with Crippen LogP contribution < -0.4 is 5.32 Å². The number of nitrogens with one attached hydrogen (secondary N) is 2. The van der Waals surface area contributed by atoms with Gasteiger partial charge in [0, 0.05) is 28.8 Å². The van der Waals surface area contributed by atoms with Gasteiger partial charge in [-0.3, -0.25) is 14.7 Å². The largest absolute Gasteiger partial charge is 0.370 e. The molecule has 1 aliphatic carbocycles. The lowest BCUT2D eigenvalue weighted by atomic mass is 9.84.